The van der Waals surface area contributed by atoms with Crippen LogP contribution in [0.2, 0.25) is 10.0 Å². The summed E-state index contributed by atoms with van der Waals surface area (Å²) in [5, 5.41) is 19.9. The van der Waals surface area contributed by atoms with Gasteiger partial charge in [-0.1, -0.05) is 43.0 Å². The van der Waals surface area contributed by atoms with Crippen LogP contribution in [0.1, 0.15) is 53.2 Å². The second kappa shape index (κ2) is 9.13. The molecule has 0 saturated heterocycles. The lowest BCUT2D eigenvalue weighted by atomic mass is 9.97. The van der Waals surface area contributed by atoms with Crippen molar-refractivity contribution in [2.75, 3.05) is 6.61 Å². The number of ether oxygens (including phenoxy) is 1. The Balaban J connectivity index is 2.48. The van der Waals surface area contributed by atoms with Crippen molar-refractivity contribution in [3.63, 3.8) is 0 Å². The minimum Gasteiger partial charge on any atom is -0.494 e. The quantitative estimate of drug-likeness (QED) is 0.527. The molecular formula is C20H20Cl2N2O4. The third-order valence-corrected chi connectivity index (χ3v) is 4.96. The Kier molecular flexibility index (Phi) is 7.11. The molecule has 2 rings (SSSR count). The zero-order valence-electron chi connectivity index (χ0n) is 15.8. The number of benzene rings is 1. The van der Waals surface area contributed by atoms with Crippen LogP contribution in [0.25, 0.3) is 0 Å². The molecule has 0 unspecified atom stereocenters. The summed E-state index contributed by atoms with van der Waals surface area (Å²) in [5.74, 6) is -0.850. The van der Waals surface area contributed by atoms with Crippen LogP contribution >= 0.6 is 23.2 Å². The average Bonchev–Trinajstić information content (AvgIpc) is 2.65. The highest BCUT2D eigenvalue weighted by molar-refractivity contribution is 6.38. The fraction of sp³-hybridized carbons (Fsp3) is 0.350. The lowest BCUT2D eigenvalue weighted by Gasteiger charge is -2.14. The Bertz CT molecular complexity index is 999. The van der Waals surface area contributed by atoms with E-state index in [1.807, 2.05) is 0 Å². The minimum atomic E-state index is -0.680. The first-order valence-electron chi connectivity index (χ1n) is 8.73. The molecule has 0 spiro atoms. The number of aromatic hydroxyl groups is 1. The topological polar surface area (TPSA) is 92.3 Å². The Morgan fingerprint density at radius 1 is 1.29 bits per heavy atom. The second-order valence-electron chi connectivity index (χ2n) is 6.33. The molecule has 28 heavy (non-hydrogen) atoms. The van der Waals surface area contributed by atoms with E-state index in [9.17, 15) is 20.0 Å². The number of carbonyl (C=O) groups is 1. The molecule has 0 radical (unpaired) electrons. The number of hydrogen-bond acceptors (Lipinski definition) is 5. The largest absolute Gasteiger partial charge is 0.494 e. The Morgan fingerprint density at radius 2 is 1.89 bits per heavy atom. The first-order chi connectivity index (χ1) is 13.2. The van der Waals surface area contributed by atoms with Gasteiger partial charge in [-0.2, -0.15) is 5.26 Å². The molecule has 1 heterocycles. The number of halogens is 2. The van der Waals surface area contributed by atoms with E-state index in [4.69, 9.17) is 27.9 Å². The van der Waals surface area contributed by atoms with Crippen LogP contribution in [0.5, 0.6) is 11.6 Å². The summed E-state index contributed by atoms with van der Waals surface area (Å²) in [6, 6.07) is 4.55. The number of rotatable bonds is 7. The van der Waals surface area contributed by atoms with Gasteiger partial charge in [0.1, 0.15) is 11.6 Å². The van der Waals surface area contributed by atoms with Crippen molar-refractivity contribution in [1.82, 2.24) is 4.57 Å². The highest BCUT2D eigenvalue weighted by atomic mass is 35.5. The van der Waals surface area contributed by atoms with Crippen LogP contribution in [0.15, 0.2) is 16.9 Å². The predicted molar refractivity (Wildman–Crippen MR) is 108 cm³/mol. The van der Waals surface area contributed by atoms with Gasteiger partial charge in [0.2, 0.25) is 5.88 Å². The van der Waals surface area contributed by atoms with Gasteiger partial charge in [-0.3, -0.25) is 14.2 Å². The van der Waals surface area contributed by atoms with Gasteiger partial charge in [0.05, 0.1) is 22.2 Å². The maximum absolute atomic E-state index is 13.0. The molecule has 148 valence electrons. The number of aromatic nitrogens is 1. The van der Waals surface area contributed by atoms with E-state index in [1.165, 1.54) is 26.1 Å². The smallest absolute Gasteiger partial charge is 0.271 e. The summed E-state index contributed by atoms with van der Waals surface area (Å²) in [4.78, 5) is 25.1. The molecule has 0 amide bonds. The SMILES string of the molecule is CCCCCOc1c(Cl)cc(C(=O)c2c(C)c(C#N)c(=O)n(C)c2O)cc1Cl. The maximum Gasteiger partial charge on any atom is 0.271 e. The number of nitrogens with zero attached hydrogens (tertiary/aromatic N) is 2. The van der Waals surface area contributed by atoms with Gasteiger partial charge in [-0.25, -0.2) is 0 Å². The molecule has 0 saturated carbocycles. The number of ketones is 1. The second-order valence-corrected chi connectivity index (χ2v) is 7.14. The van der Waals surface area contributed by atoms with Gasteiger partial charge in [0, 0.05) is 12.6 Å². The Hall–Kier alpha value is -2.49. The fourth-order valence-corrected chi connectivity index (χ4v) is 3.38. The summed E-state index contributed by atoms with van der Waals surface area (Å²) in [6.45, 7) is 3.96. The molecule has 0 atom stereocenters. The minimum absolute atomic E-state index is 0.0974. The van der Waals surface area contributed by atoms with E-state index in [1.54, 1.807) is 6.07 Å². The fourth-order valence-electron chi connectivity index (χ4n) is 2.79. The summed E-state index contributed by atoms with van der Waals surface area (Å²) in [7, 11) is 1.28. The first-order valence-corrected chi connectivity index (χ1v) is 9.49. The van der Waals surface area contributed by atoms with E-state index in [0.29, 0.717) is 6.61 Å². The van der Waals surface area contributed by atoms with Crippen molar-refractivity contribution >= 4 is 29.0 Å². The number of unbranched alkanes of at least 4 members (excludes halogenated alkanes) is 2. The molecule has 0 aliphatic heterocycles. The van der Waals surface area contributed by atoms with Gasteiger partial charge >= 0.3 is 0 Å². The summed E-state index contributed by atoms with van der Waals surface area (Å²) >= 11 is 12.5. The summed E-state index contributed by atoms with van der Waals surface area (Å²) < 4.78 is 6.47. The molecule has 0 aliphatic carbocycles. The standard InChI is InChI=1S/C20H20Cl2N2O4/c1-4-5-6-7-28-18-14(21)8-12(9-15(18)22)17(25)16-11(2)13(10-23)19(26)24(3)20(16)27/h8-9,27H,4-7H2,1-3H3. The Labute approximate surface area is 172 Å². The summed E-state index contributed by atoms with van der Waals surface area (Å²) in [5.41, 5.74) is -0.836. The highest BCUT2D eigenvalue weighted by Gasteiger charge is 2.25. The molecule has 1 aromatic heterocycles. The maximum atomic E-state index is 13.0. The van der Waals surface area contributed by atoms with Crippen LogP contribution in [0.3, 0.4) is 0 Å². The summed E-state index contributed by atoms with van der Waals surface area (Å²) in [6.07, 6.45) is 2.91. The first kappa shape index (κ1) is 21.8. The molecule has 0 fully saturated rings. The molecule has 1 aromatic carbocycles. The third kappa shape index (κ3) is 4.16. The predicted octanol–water partition coefficient (Wildman–Crippen LogP) is 4.38. The van der Waals surface area contributed by atoms with Crippen LogP contribution in [0.4, 0.5) is 0 Å². The van der Waals surface area contributed by atoms with Gasteiger partial charge in [0.15, 0.2) is 11.5 Å². The van der Waals surface area contributed by atoms with Crippen LogP contribution in [-0.2, 0) is 7.05 Å². The lowest BCUT2D eigenvalue weighted by molar-refractivity contribution is 0.103. The zero-order chi connectivity index (χ0) is 21.0. The lowest BCUT2D eigenvalue weighted by Crippen LogP contribution is -2.24. The molecule has 1 N–H and O–H groups in total. The molecule has 6 nitrogen and oxygen atoms in total. The monoisotopic (exact) mass is 422 g/mol. The zero-order valence-corrected chi connectivity index (χ0v) is 17.3. The third-order valence-electron chi connectivity index (χ3n) is 4.40. The van der Waals surface area contributed by atoms with E-state index in [0.717, 1.165) is 23.8 Å². The highest BCUT2D eigenvalue weighted by Crippen LogP contribution is 2.36. The normalized spacial score (nSPS) is 10.6. The van der Waals surface area contributed by atoms with Crippen molar-refractivity contribution in [3.05, 3.63) is 54.8 Å². The van der Waals surface area contributed by atoms with Gasteiger partial charge in [0.25, 0.3) is 5.56 Å². The number of hydrogen-bond donors (Lipinski definition) is 1. The van der Waals surface area contributed by atoms with Crippen molar-refractivity contribution < 1.29 is 14.6 Å². The van der Waals surface area contributed by atoms with E-state index in [2.05, 4.69) is 6.92 Å². The van der Waals surface area contributed by atoms with Gasteiger partial charge in [-0.15, -0.1) is 0 Å². The molecule has 0 aliphatic rings. The van der Waals surface area contributed by atoms with Crippen LogP contribution < -0.4 is 10.3 Å². The number of pyridine rings is 1. The van der Waals surface area contributed by atoms with Crippen LogP contribution in [0, 0.1) is 18.3 Å². The van der Waals surface area contributed by atoms with Crippen LogP contribution in [-0.4, -0.2) is 22.1 Å². The van der Waals surface area contributed by atoms with Crippen molar-refractivity contribution in [2.45, 2.75) is 33.1 Å². The van der Waals surface area contributed by atoms with E-state index < -0.39 is 17.2 Å². The Morgan fingerprint density at radius 3 is 2.43 bits per heavy atom. The molecule has 8 heteroatoms. The van der Waals surface area contributed by atoms with Crippen molar-refractivity contribution in [2.24, 2.45) is 7.05 Å². The molecular weight excluding hydrogens is 403 g/mol. The number of nitriles is 1. The molecule has 0 bridgehead atoms. The van der Waals surface area contributed by atoms with E-state index in [-0.39, 0.29) is 38.0 Å². The number of carbonyl (C=O) groups excluding carboxylic acids is 1. The van der Waals surface area contributed by atoms with Gasteiger partial charge < -0.3 is 9.84 Å². The van der Waals surface area contributed by atoms with Crippen molar-refractivity contribution in [3.8, 4) is 17.7 Å². The molecule has 2 aromatic rings. The van der Waals surface area contributed by atoms with Crippen molar-refractivity contribution in [1.29, 1.82) is 5.26 Å². The average molecular weight is 423 g/mol. The van der Waals surface area contributed by atoms with E-state index >= 15 is 0 Å². The van der Waals surface area contributed by atoms with Gasteiger partial charge in [-0.05, 0) is 31.0 Å².